The van der Waals surface area contributed by atoms with E-state index >= 15 is 0 Å². The summed E-state index contributed by atoms with van der Waals surface area (Å²) in [5, 5.41) is 9.25. The molecule has 0 saturated carbocycles. The fourth-order valence-electron chi connectivity index (χ4n) is 3.49. The van der Waals surface area contributed by atoms with Crippen LogP contribution in [-0.2, 0) is 25.8 Å². The van der Waals surface area contributed by atoms with Crippen molar-refractivity contribution in [2.75, 3.05) is 20.6 Å². The maximum absolute atomic E-state index is 5.93. The first-order valence-electron chi connectivity index (χ1n) is 10.1. The number of aryl methyl sites for hydroxylation is 2. The minimum absolute atomic E-state index is 0.566. The highest BCUT2D eigenvalue weighted by molar-refractivity contribution is 7.11. The van der Waals surface area contributed by atoms with E-state index in [1.54, 1.807) is 7.05 Å². The van der Waals surface area contributed by atoms with Crippen LogP contribution < -0.4 is 5.32 Å². The van der Waals surface area contributed by atoms with E-state index in [0.29, 0.717) is 29.7 Å². The SMILES string of the molecule is CN=C(NCCc1nc(-c2ccc(Cl)cc2)no1)N(C)Cc1nc2c(s1)CCCC2. The predicted octanol–water partition coefficient (Wildman–Crippen LogP) is 3.98. The van der Waals surface area contributed by atoms with Crippen molar-refractivity contribution in [3.63, 3.8) is 0 Å². The van der Waals surface area contributed by atoms with Gasteiger partial charge in [0, 0.05) is 42.5 Å². The quantitative estimate of drug-likeness (QED) is 0.457. The van der Waals surface area contributed by atoms with E-state index in [2.05, 4.69) is 25.3 Å². The molecule has 0 spiro atoms. The summed E-state index contributed by atoms with van der Waals surface area (Å²) in [5.41, 5.74) is 2.18. The molecule has 0 radical (unpaired) electrons. The molecule has 2 aromatic heterocycles. The molecule has 0 bridgehead atoms. The van der Waals surface area contributed by atoms with Gasteiger partial charge in [-0.2, -0.15) is 4.98 Å². The van der Waals surface area contributed by atoms with Gasteiger partial charge in [0.15, 0.2) is 5.96 Å². The van der Waals surface area contributed by atoms with Gasteiger partial charge in [0.25, 0.3) is 0 Å². The van der Waals surface area contributed by atoms with Crippen LogP contribution in [0.1, 0.15) is 34.3 Å². The van der Waals surface area contributed by atoms with E-state index in [-0.39, 0.29) is 0 Å². The van der Waals surface area contributed by atoms with Gasteiger partial charge in [0.1, 0.15) is 5.01 Å². The molecular weight excluding hydrogens is 420 g/mol. The first-order chi connectivity index (χ1) is 14.6. The second kappa shape index (κ2) is 9.57. The monoisotopic (exact) mass is 444 g/mol. The zero-order valence-electron chi connectivity index (χ0n) is 17.2. The Labute approximate surface area is 185 Å². The summed E-state index contributed by atoms with van der Waals surface area (Å²) in [7, 11) is 3.82. The lowest BCUT2D eigenvalue weighted by atomic mass is 10.0. The summed E-state index contributed by atoms with van der Waals surface area (Å²) in [5.74, 6) is 1.97. The zero-order valence-corrected chi connectivity index (χ0v) is 18.8. The van der Waals surface area contributed by atoms with Crippen molar-refractivity contribution in [1.82, 2.24) is 25.3 Å². The van der Waals surface area contributed by atoms with Gasteiger partial charge in [-0.1, -0.05) is 16.8 Å². The van der Waals surface area contributed by atoms with Crippen LogP contribution in [0.4, 0.5) is 0 Å². The number of fused-ring (bicyclic) bond motifs is 1. The van der Waals surface area contributed by atoms with Gasteiger partial charge in [0.05, 0.1) is 12.2 Å². The van der Waals surface area contributed by atoms with Crippen molar-refractivity contribution in [2.45, 2.75) is 38.6 Å². The lowest BCUT2D eigenvalue weighted by Gasteiger charge is -2.20. The maximum Gasteiger partial charge on any atom is 0.228 e. The summed E-state index contributed by atoms with van der Waals surface area (Å²) < 4.78 is 5.37. The molecule has 0 atom stereocenters. The lowest BCUT2D eigenvalue weighted by Crippen LogP contribution is -2.39. The van der Waals surface area contributed by atoms with Crippen molar-refractivity contribution in [2.24, 2.45) is 4.99 Å². The molecule has 0 fully saturated rings. The molecule has 0 saturated heterocycles. The van der Waals surface area contributed by atoms with E-state index in [9.17, 15) is 0 Å². The number of aliphatic imine (C=N–C) groups is 1. The molecule has 1 N–H and O–H groups in total. The zero-order chi connectivity index (χ0) is 20.9. The summed E-state index contributed by atoms with van der Waals surface area (Å²) >= 11 is 7.76. The molecule has 1 aliphatic carbocycles. The van der Waals surface area contributed by atoms with Crippen molar-refractivity contribution in [3.05, 3.63) is 50.8 Å². The van der Waals surface area contributed by atoms with Crippen molar-refractivity contribution in [1.29, 1.82) is 0 Å². The molecule has 0 unspecified atom stereocenters. The number of thiazole rings is 1. The summed E-state index contributed by atoms with van der Waals surface area (Å²) in [6, 6.07) is 7.38. The van der Waals surface area contributed by atoms with Gasteiger partial charge >= 0.3 is 0 Å². The Morgan fingerprint density at radius 1 is 1.23 bits per heavy atom. The standard InChI is InChI=1S/C21H25ClN6OS/c1-23-21(28(2)13-19-25-16-5-3-4-6-17(16)30-19)24-12-11-18-26-20(27-29-18)14-7-9-15(22)10-8-14/h7-10H,3-6,11-13H2,1-2H3,(H,23,24). The van der Waals surface area contributed by atoms with E-state index in [1.807, 2.05) is 42.6 Å². The van der Waals surface area contributed by atoms with Crippen LogP contribution in [0.15, 0.2) is 33.8 Å². The molecule has 0 amide bonds. The number of guanidine groups is 1. The number of benzene rings is 1. The highest BCUT2D eigenvalue weighted by Gasteiger charge is 2.17. The molecule has 1 aliphatic rings. The minimum Gasteiger partial charge on any atom is -0.356 e. The van der Waals surface area contributed by atoms with Crippen molar-refractivity contribution >= 4 is 28.9 Å². The predicted molar refractivity (Wildman–Crippen MR) is 120 cm³/mol. The molecule has 1 aromatic carbocycles. The average Bonchev–Trinajstić information content (AvgIpc) is 3.38. The largest absolute Gasteiger partial charge is 0.356 e. The van der Waals surface area contributed by atoms with E-state index in [1.165, 1.54) is 29.8 Å². The lowest BCUT2D eigenvalue weighted by molar-refractivity contribution is 0.377. The summed E-state index contributed by atoms with van der Waals surface area (Å²) in [4.78, 5) is 17.2. The van der Waals surface area contributed by atoms with Crippen molar-refractivity contribution < 1.29 is 4.52 Å². The molecule has 3 aromatic rings. The van der Waals surface area contributed by atoms with Crippen LogP contribution in [0.3, 0.4) is 0 Å². The second-order valence-corrected chi connectivity index (χ2v) is 8.89. The van der Waals surface area contributed by atoms with Crippen LogP contribution in [0.2, 0.25) is 5.02 Å². The Balaban J connectivity index is 1.29. The molecule has 0 aliphatic heterocycles. The van der Waals surface area contributed by atoms with E-state index < -0.39 is 0 Å². The normalized spacial score (nSPS) is 13.9. The van der Waals surface area contributed by atoms with Gasteiger partial charge in [-0.25, -0.2) is 4.98 Å². The Hall–Kier alpha value is -2.45. The van der Waals surface area contributed by atoms with Gasteiger partial charge in [-0.3, -0.25) is 4.99 Å². The fraction of sp³-hybridized carbons (Fsp3) is 0.429. The third-order valence-corrected chi connectivity index (χ3v) is 6.42. The molecule has 4 rings (SSSR count). The van der Waals surface area contributed by atoms with Gasteiger partial charge < -0.3 is 14.7 Å². The Morgan fingerprint density at radius 2 is 2.03 bits per heavy atom. The van der Waals surface area contributed by atoms with Gasteiger partial charge in [-0.05, 0) is 49.9 Å². The minimum atomic E-state index is 0.566. The number of rotatable bonds is 6. The number of halogens is 1. The van der Waals surface area contributed by atoms with E-state index in [4.69, 9.17) is 21.1 Å². The first kappa shape index (κ1) is 20.8. The highest BCUT2D eigenvalue weighted by Crippen LogP contribution is 2.27. The fourth-order valence-corrected chi connectivity index (χ4v) is 4.83. The van der Waals surface area contributed by atoms with Gasteiger partial charge in [0.2, 0.25) is 11.7 Å². The molecular formula is C21H25ClN6OS. The average molecular weight is 445 g/mol. The Kier molecular flexibility index (Phi) is 6.64. The Morgan fingerprint density at radius 3 is 2.80 bits per heavy atom. The van der Waals surface area contributed by atoms with Crippen LogP contribution in [0.25, 0.3) is 11.4 Å². The van der Waals surface area contributed by atoms with Gasteiger partial charge in [-0.15, -0.1) is 11.3 Å². The van der Waals surface area contributed by atoms with Crippen LogP contribution in [0, 0.1) is 0 Å². The number of aromatic nitrogens is 3. The highest BCUT2D eigenvalue weighted by atomic mass is 35.5. The number of hydrogen-bond donors (Lipinski definition) is 1. The third-order valence-electron chi connectivity index (χ3n) is 5.03. The van der Waals surface area contributed by atoms with Crippen LogP contribution >= 0.6 is 22.9 Å². The Bertz CT molecular complexity index is 989. The first-order valence-corrected chi connectivity index (χ1v) is 11.3. The van der Waals surface area contributed by atoms with Crippen LogP contribution in [-0.4, -0.2) is 46.6 Å². The molecule has 158 valence electrons. The second-order valence-electron chi connectivity index (χ2n) is 7.28. The molecule has 9 heteroatoms. The van der Waals surface area contributed by atoms with E-state index in [0.717, 1.165) is 29.5 Å². The van der Waals surface area contributed by atoms with Crippen molar-refractivity contribution in [3.8, 4) is 11.4 Å². The molecule has 7 nitrogen and oxygen atoms in total. The smallest absolute Gasteiger partial charge is 0.228 e. The van der Waals surface area contributed by atoms with Crippen LogP contribution in [0.5, 0.6) is 0 Å². The maximum atomic E-state index is 5.93. The third kappa shape index (κ3) is 4.99. The molecule has 2 heterocycles. The number of hydrogen-bond acceptors (Lipinski definition) is 6. The molecule has 30 heavy (non-hydrogen) atoms. The number of nitrogens with one attached hydrogen (secondary N) is 1. The summed E-state index contributed by atoms with van der Waals surface area (Å²) in [6.45, 7) is 1.40. The number of nitrogens with zero attached hydrogens (tertiary/aromatic N) is 5. The topological polar surface area (TPSA) is 79.4 Å². The summed E-state index contributed by atoms with van der Waals surface area (Å²) in [6.07, 6.45) is 5.43.